The molecule has 0 spiro atoms. The number of aromatic nitrogens is 4. The molecule has 0 radical (unpaired) electrons. The lowest BCUT2D eigenvalue weighted by Crippen LogP contribution is -2.17. The lowest BCUT2D eigenvalue weighted by Gasteiger charge is -2.04. The molecule has 0 unspecified atom stereocenters. The second-order valence-corrected chi connectivity index (χ2v) is 5.48. The van der Waals surface area contributed by atoms with Gasteiger partial charge in [-0.3, -0.25) is 4.98 Å². The molecule has 4 rings (SSSR count). The molecule has 0 bridgehead atoms. The molecule has 2 saturated carbocycles. The molecule has 2 aromatic heterocycles. The van der Waals surface area contributed by atoms with E-state index in [0.717, 1.165) is 18.1 Å². The summed E-state index contributed by atoms with van der Waals surface area (Å²) in [4.78, 5) is 8.88. The maximum atomic E-state index is 4.61. The van der Waals surface area contributed by atoms with Crippen LogP contribution < -0.4 is 5.32 Å². The van der Waals surface area contributed by atoms with Crippen molar-refractivity contribution in [1.82, 2.24) is 25.1 Å². The van der Waals surface area contributed by atoms with E-state index in [2.05, 4.69) is 26.4 Å². The molecule has 2 heterocycles. The minimum absolute atomic E-state index is 0.675. The normalized spacial score (nSPS) is 18.7. The van der Waals surface area contributed by atoms with Crippen molar-refractivity contribution in [2.24, 2.45) is 0 Å². The fraction of sp³-hybridized carbons (Fsp3) is 0.500. The lowest BCUT2D eigenvalue weighted by atomic mass is 10.3. The van der Waals surface area contributed by atoms with E-state index in [1.54, 1.807) is 6.20 Å². The van der Waals surface area contributed by atoms with Gasteiger partial charge in [-0.25, -0.2) is 9.67 Å². The third-order valence-electron chi connectivity index (χ3n) is 3.66. The van der Waals surface area contributed by atoms with Crippen LogP contribution in [-0.2, 0) is 6.54 Å². The maximum Gasteiger partial charge on any atom is 0.172 e. The largest absolute Gasteiger partial charge is 0.308 e. The standard InChI is InChI=1S/C14H17N5/c1-2-10(1)13-5-6-19(18-13)14-9-15-7-12(17-14)8-16-11-3-4-11/h5-7,9-11,16H,1-4,8H2. The van der Waals surface area contributed by atoms with E-state index in [0.29, 0.717) is 12.0 Å². The van der Waals surface area contributed by atoms with Crippen LogP contribution in [0.15, 0.2) is 24.7 Å². The average Bonchev–Trinajstić information content (AvgIpc) is 3.37. The van der Waals surface area contributed by atoms with Crippen molar-refractivity contribution in [3.05, 3.63) is 36.0 Å². The second kappa shape index (κ2) is 4.42. The van der Waals surface area contributed by atoms with Crippen molar-refractivity contribution in [3.8, 4) is 5.82 Å². The number of rotatable bonds is 5. The summed E-state index contributed by atoms with van der Waals surface area (Å²) in [6, 6.07) is 2.78. The first-order valence-corrected chi connectivity index (χ1v) is 6.99. The number of nitrogens with zero attached hydrogens (tertiary/aromatic N) is 4. The second-order valence-electron chi connectivity index (χ2n) is 5.48. The SMILES string of the molecule is c1ncc(-n2ccc(C3CC3)n2)nc1CNC1CC1. The minimum atomic E-state index is 0.675. The highest BCUT2D eigenvalue weighted by Gasteiger charge is 2.26. The van der Waals surface area contributed by atoms with Gasteiger partial charge in [0.2, 0.25) is 0 Å². The van der Waals surface area contributed by atoms with Gasteiger partial charge >= 0.3 is 0 Å². The molecule has 98 valence electrons. The summed E-state index contributed by atoms with van der Waals surface area (Å²) in [5.41, 5.74) is 2.16. The molecule has 2 fully saturated rings. The highest BCUT2D eigenvalue weighted by atomic mass is 15.3. The van der Waals surface area contributed by atoms with Gasteiger partial charge in [-0.15, -0.1) is 0 Å². The Morgan fingerprint density at radius 2 is 2.11 bits per heavy atom. The van der Waals surface area contributed by atoms with Crippen molar-refractivity contribution < 1.29 is 0 Å². The molecule has 0 saturated heterocycles. The molecule has 2 aliphatic rings. The Morgan fingerprint density at radius 3 is 2.89 bits per heavy atom. The Labute approximate surface area is 112 Å². The van der Waals surface area contributed by atoms with Crippen LogP contribution in [0.1, 0.15) is 43.0 Å². The Hall–Kier alpha value is -1.75. The molecule has 5 heteroatoms. The maximum absolute atomic E-state index is 4.61. The molecule has 2 aromatic rings. The van der Waals surface area contributed by atoms with Crippen molar-refractivity contribution >= 4 is 0 Å². The van der Waals surface area contributed by atoms with Gasteiger partial charge in [0, 0.05) is 30.9 Å². The fourth-order valence-electron chi connectivity index (χ4n) is 2.19. The summed E-state index contributed by atoms with van der Waals surface area (Å²) in [5.74, 6) is 1.48. The first-order valence-electron chi connectivity index (χ1n) is 6.99. The smallest absolute Gasteiger partial charge is 0.172 e. The quantitative estimate of drug-likeness (QED) is 0.885. The highest BCUT2D eigenvalue weighted by molar-refractivity contribution is 5.22. The van der Waals surface area contributed by atoms with Crippen molar-refractivity contribution in [1.29, 1.82) is 0 Å². The summed E-state index contributed by atoms with van der Waals surface area (Å²) >= 11 is 0. The van der Waals surface area contributed by atoms with Crippen molar-refractivity contribution in [2.75, 3.05) is 0 Å². The van der Waals surface area contributed by atoms with E-state index in [1.165, 1.54) is 31.4 Å². The molecule has 0 aliphatic heterocycles. The lowest BCUT2D eigenvalue weighted by molar-refractivity contribution is 0.666. The van der Waals surface area contributed by atoms with Crippen molar-refractivity contribution in [3.63, 3.8) is 0 Å². The summed E-state index contributed by atoms with van der Waals surface area (Å²) in [6.07, 6.45) is 10.7. The molecule has 0 aromatic carbocycles. The van der Waals surface area contributed by atoms with Crippen LogP contribution in [0.3, 0.4) is 0 Å². The molecule has 0 amide bonds. The van der Waals surface area contributed by atoms with E-state index in [-0.39, 0.29) is 0 Å². The van der Waals surface area contributed by atoms with Gasteiger partial charge in [-0.05, 0) is 31.7 Å². The predicted octanol–water partition coefficient (Wildman–Crippen LogP) is 1.79. The first-order chi connectivity index (χ1) is 9.38. The highest BCUT2D eigenvalue weighted by Crippen LogP contribution is 2.38. The Balaban J connectivity index is 1.53. The summed E-state index contributed by atoms with van der Waals surface area (Å²) in [6.45, 7) is 0.794. The van der Waals surface area contributed by atoms with E-state index in [9.17, 15) is 0 Å². The monoisotopic (exact) mass is 255 g/mol. The van der Waals surface area contributed by atoms with Gasteiger partial charge in [-0.2, -0.15) is 5.10 Å². The van der Waals surface area contributed by atoms with Crippen LogP contribution in [0.2, 0.25) is 0 Å². The number of nitrogens with one attached hydrogen (secondary N) is 1. The summed E-state index contributed by atoms with van der Waals surface area (Å²) in [5, 5.41) is 8.04. The van der Waals surface area contributed by atoms with E-state index in [4.69, 9.17) is 0 Å². The van der Waals surface area contributed by atoms with Crippen LogP contribution in [0.25, 0.3) is 5.82 Å². The van der Waals surface area contributed by atoms with E-state index in [1.807, 2.05) is 17.1 Å². The van der Waals surface area contributed by atoms with Gasteiger partial charge in [-0.1, -0.05) is 0 Å². The topological polar surface area (TPSA) is 55.6 Å². The van der Waals surface area contributed by atoms with E-state index >= 15 is 0 Å². The third kappa shape index (κ3) is 2.51. The molecular weight excluding hydrogens is 238 g/mol. The average molecular weight is 255 g/mol. The van der Waals surface area contributed by atoms with Gasteiger partial charge in [0.05, 0.1) is 17.6 Å². The Bertz CT molecular complexity index is 583. The Morgan fingerprint density at radius 1 is 1.21 bits per heavy atom. The molecule has 2 aliphatic carbocycles. The van der Waals surface area contributed by atoms with E-state index < -0.39 is 0 Å². The molecular formula is C14H17N5. The zero-order valence-corrected chi connectivity index (χ0v) is 10.8. The van der Waals surface area contributed by atoms with Crippen LogP contribution in [-0.4, -0.2) is 25.8 Å². The van der Waals surface area contributed by atoms with Crippen LogP contribution >= 0.6 is 0 Å². The van der Waals surface area contributed by atoms with Gasteiger partial charge in [0.25, 0.3) is 0 Å². The molecule has 19 heavy (non-hydrogen) atoms. The first kappa shape index (κ1) is 11.1. The zero-order valence-electron chi connectivity index (χ0n) is 10.8. The molecule has 5 nitrogen and oxygen atoms in total. The Kier molecular flexibility index (Phi) is 2.58. The number of hydrogen-bond donors (Lipinski definition) is 1. The fourth-order valence-corrected chi connectivity index (χ4v) is 2.19. The summed E-state index contributed by atoms with van der Waals surface area (Å²) in [7, 11) is 0. The van der Waals surface area contributed by atoms with Crippen LogP contribution in [0.4, 0.5) is 0 Å². The minimum Gasteiger partial charge on any atom is -0.308 e. The molecule has 1 N–H and O–H groups in total. The van der Waals surface area contributed by atoms with Crippen LogP contribution in [0, 0.1) is 0 Å². The van der Waals surface area contributed by atoms with Crippen molar-refractivity contribution in [2.45, 2.75) is 44.2 Å². The van der Waals surface area contributed by atoms with Gasteiger partial charge in [0.15, 0.2) is 5.82 Å². The zero-order chi connectivity index (χ0) is 12.7. The predicted molar refractivity (Wildman–Crippen MR) is 71.0 cm³/mol. The van der Waals surface area contributed by atoms with Gasteiger partial charge < -0.3 is 5.32 Å². The van der Waals surface area contributed by atoms with Crippen LogP contribution in [0.5, 0.6) is 0 Å². The third-order valence-corrected chi connectivity index (χ3v) is 3.66. The molecule has 0 atom stereocenters. The number of hydrogen-bond acceptors (Lipinski definition) is 4. The summed E-state index contributed by atoms with van der Waals surface area (Å²) < 4.78 is 1.83. The van der Waals surface area contributed by atoms with Gasteiger partial charge in [0.1, 0.15) is 0 Å².